The first kappa shape index (κ1) is 20.7. The highest BCUT2D eigenvalue weighted by Gasteiger charge is 2.32. The van der Waals surface area contributed by atoms with Gasteiger partial charge in [-0.3, -0.25) is 9.89 Å². The molecule has 0 saturated carbocycles. The van der Waals surface area contributed by atoms with Gasteiger partial charge in [0.1, 0.15) is 22.7 Å². The zero-order valence-corrected chi connectivity index (χ0v) is 19.9. The third kappa shape index (κ3) is 3.71. The summed E-state index contributed by atoms with van der Waals surface area (Å²) in [6, 6.07) is 3.94. The molecule has 1 aliphatic heterocycles. The number of aryl methyl sites for hydroxylation is 1. The van der Waals surface area contributed by atoms with Gasteiger partial charge in [-0.15, -0.1) is 11.3 Å². The number of fused-ring (bicyclic) bond motifs is 4. The Morgan fingerprint density at radius 3 is 3.00 bits per heavy atom. The second-order valence-electron chi connectivity index (χ2n) is 8.42. The largest absolute Gasteiger partial charge is 0.494 e. The van der Waals surface area contributed by atoms with Crippen LogP contribution in [0.15, 0.2) is 24.7 Å². The van der Waals surface area contributed by atoms with Crippen LogP contribution in [0, 0.1) is 5.92 Å². The van der Waals surface area contributed by atoms with Crippen molar-refractivity contribution in [2.45, 2.75) is 19.3 Å². The smallest absolute Gasteiger partial charge is 0.226 e. The molecule has 3 aromatic heterocycles. The normalized spacial score (nSPS) is 18.5. The Bertz CT molecular complexity index is 1340. The van der Waals surface area contributed by atoms with Crippen LogP contribution in [0.5, 0.6) is 5.75 Å². The van der Waals surface area contributed by atoms with E-state index in [0.29, 0.717) is 11.7 Å². The lowest BCUT2D eigenvalue weighted by atomic mass is 9.87. The molecule has 1 saturated heterocycles. The van der Waals surface area contributed by atoms with Gasteiger partial charge in [-0.05, 0) is 30.9 Å². The minimum Gasteiger partial charge on any atom is -0.494 e. The van der Waals surface area contributed by atoms with Gasteiger partial charge in [-0.2, -0.15) is 16.9 Å². The fraction of sp³-hybridized carbons (Fsp3) is 0.391. The molecule has 0 radical (unpaired) electrons. The second kappa shape index (κ2) is 8.49. The van der Waals surface area contributed by atoms with Crippen LogP contribution in [0.4, 0.5) is 11.5 Å². The number of amides is 1. The van der Waals surface area contributed by atoms with E-state index in [1.54, 1.807) is 31.0 Å². The van der Waals surface area contributed by atoms with Gasteiger partial charge in [0.2, 0.25) is 5.91 Å². The molecule has 1 atom stereocenters. The van der Waals surface area contributed by atoms with Crippen molar-refractivity contribution < 1.29 is 9.53 Å². The van der Waals surface area contributed by atoms with Gasteiger partial charge in [0, 0.05) is 46.8 Å². The zero-order valence-electron chi connectivity index (χ0n) is 18.3. The van der Waals surface area contributed by atoms with E-state index in [2.05, 4.69) is 30.4 Å². The molecule has 0 bridgehead atoms. The Morgan fingerprint density at radius 2 is 2.15 bits per heavy atom. The van der Waals surface area contributed by atoms with Gasteiger partial charge in [0.15, 0.2) is 0 Å². The lowest BCUT2D eigenvalue weighted by molar-refractivity contribution is -0.135. The third-order valence-electron chi connectivity index (χ3n) is 6.53. The number of thioether (sulfide) groups is 1. The highest BCUT2D eigenvalue weighted by molar-refractivity contribution is 7.99. The van der Waals surface area contributed by atoms with Crippen LogP contribution in [0.2, 0.25) is 0 Å². The van der Waals surface area contributed by atoms with Crippen LogP contribution in [0.3, 0.4) is 0 Å². The molecule has 6 rings (SSSR count). The van der Waals surface area contributed by atoms with Gasteiger partial charge >= 0.3 is 0 Å². The summed E-state index contributed by atoms with van der Waals surface area (Å²) in [6.07, 6.45) is 5.93. The van der Waals surface area contributed by atoms with Crippen molar-refractivity contribution in [2.24, 2.45) is 5.92 Å². The van der Waals surface area contributed by atoms with Crippen molar-refractivity contribution >= 4 is 61.6 Å². The number of aromatic nitrogens is 4. The Kier molecular flexibility index (Phi) is 5.34. The lowest BCUT2D eigenvalue weighted by Gasteiger charge is -2.31. The number of hydrogen-bond donors (Lipinski definition) is 2. The van der Waals surface area contributed by atoms with E-state index < -0.39 is 0 Å². The summed E-state index contributed by atoms with van der Waals surface area (Å²) in [5.41, 5.74) is 3.03. The number of aromatic amines is 1. The molecule has 8 nitrogen and oxygen atoms in total. The molecule has 1 aromatic carbocycles. The van der Waals surface area contributed by atoms with E-state index in [1.165, 1.54) is 10.4 Å². The number of rotatable bonds is 4. The van der Waals surface area contributed by atoms with Crippen molar-refractivity contribution in [3.63, 3.8) is 0 Å². The minimum atomic E-state index is 0.0709. The molecule has 33 heavy (non-hydrogen) atoms. The maximum absolute atomic E-state index is 13.1. The van der Waals surface area contributed by atoms with E-state index in [1.807, 2.05) is 23.9 Å². The molecule has 10 heteroatoms. The predicted molar refractivity (Wildman–Crippen MR) is 133 cm³/mol. The lowest BCUT2D eigenvalue weighted by Crippen LogP contribution is -2.42. The standard InChI is InChI=1S/C23H24N6O2S2/c1-31-18-10-16-14(11-26-28-16)8-17(18)27-21-20-15-3-2-13(23(30)29-4-6-32-7-5-29)9-19(15)33-22(20)25-12-24-21/h8,10-13H,2-7,9H2,1H3,(H,26,28)(H,24,25,27)/t13-/m0/s1. The first-order valence-electron chi connectivity index (χ1n) is 11.1. The topological polar surface area (TPSA) is 96.0 Å². The molecule has 0 spiro atoms. The highest BCUT2D eigenvalue weighted by Crippen LogP contribution is 2.42. The quantitative estimate of drug-likeness (QED) is 0.456. The molecular formula is C23H24N6O2S2. The number of carbonyl (C=O) groups is 1. The van der Waals surface area contributed by atoms with Crippen LogP contribution in [0.1, 0.15) is 16.9 Å². The number of thiophene rings is 1. The average molecular weight is 481 g/mol. The summed E-state index contributed by atoms with van der Waals surface area (Å²) in [5.74, 6) is 3.98. The number of carbonyl (C=O) groups excluding carboxylic acids is 1. The molecule has 1 aliphatic carbocycles. The first-order valence-corrected chi connectivity index (χ1v) is 13.1. The van der Waals surface area contributed by atoms with Crippen LogP contribution >= 0.6 is 23.1 Å². The molecule has 170 valence electrons. The number of ether oxygens (including phenoxy) is 1. The highest BCUT2D eigenvalue weighted by atomic mass is 32.2. The van der Waals surface area contributed by atoms with E-state index in [-0.39, 0.29) is 5.92 Å². The number of H-pyrrole nitrogens is 1. The van der Waals surface area contributed by atoms with Gasteiger partial charge in [-0.25, -0.2) is 9.97 Å². The summed E-state index contributed by atoms with van der Waals surface area (Å²) in [6.45, 7) is 1.75. The number of hydrogen-bond acceptors (Lipinski definition) is 8. The van der Waals surface area contributed by atoms with Gasteiger partial charge in [-0.1, -0.05) is 0 Å². The van der Waals surface area contributed by atoms with Crippen molar-refractivity contribution in [1.82, 2.24) is 25.1 Å². The molecule has 1 fully saturated rings. The summed E-state index contributed by atoms with van der Waals surface area (Å²) < 4.78 is 5.60. The van der Waals surface area contributed by atoms with Crippen LogP contribution in [-0.2, 0) is 17.6 Å². The Hall–Kier alpha value is -2.85. The minimum absolute atomic E-state index is 0.0709. The summed E-state index contributed by atoms with van der Waals surface area (Å²) in [5, 5.41) is 12.6. The molecule has 1 amide bonds. The number of nitrogens with zero attached hydrogens (tertiary/aromatic N) is 4. The van der Waals surface area contributed by atoms with Crippen molar-refractivity contribution in [1.29, 1.82) is 0 Å². The Labute approximate surface area is 199 Å². The molecule has 2 aliphatic rings. The SMILES string of the molecule is COc1cc2[nH]ncc2cc1Nc1ncnc2sc3c(c12)CC[C@H](C(=O)N1CCSCC1)C3. The van der Waals surface area contributed by atoms with E-state index in [4.69, 9.17) is 4.74 Å². The van der Waals surface area contributed by atoms with E-state index in [9.17, 15) is 4.79 Å². The van der Waals surface area contributed by atoms with Crippen molar-refractivity contribution in [3.05, 3.63) is 35.1 Å². The maximum atomic E-state index is 13.1. The third-order valence-corrected chi connectivity index (χ3v) is 8.64. The molecule has 4 heterocycles. The Morgan fingerprint density at radius 1 is 1.27 bits per heavy atom. The summed E-state index contributed by atoms with van der Waals surface area (Å²) in [4.78, 5) is 26.5. The number of nitrogens with one attached hydrogen (secondary N) is 2. The number of benzene rings is 1. The summed E-state index contributed by atoms with van der Waals surface area (Å²) >= 11 is 3.63. The van der Waals surface area contributed by atoms with E-state index >= 15 is 0 Å². The first-order chi connectivity index (χ1) is 16.2. The molecule has 4 aromatic rings. The zero-order chi connectivity index (χ0) is 22.4. The van der Waals surface area contributed by atoms with Crippen LogP contribution < -0.4 is 10.1 Å². The Balaban J connectivity index is 1.32. The van der Waals surface area contributed by atoms with Gasteiger partial charge in [0.05, 0.1) is 29.9 Å². The predicted octanol–water partition coefficient (Wildman–Crippen LogP) is 4.00. The summed E-state index contributed by atoms with van der Waals surface area (Å²) in [7, 11) is 1.66. The number of anilines is 2. The molecule has 2 N–H and O–H groups in total. The van der Waals surface area contributed by atoms with Crippen molar-refractivity contribution in [2.75, 3.05) is 37.0 Å². The van der Waals surface area contributed by atoms with Crippen LogP contribution in [-0.4, -0.2) is 62.7 Å². The second-order valence-corrected chi connectivity index (χ2v) is 10.7. The van der Waals surface area contributed by atoms with Crippen LogP contribution in [0.25, 0.3) is 21.1 Å². The molecule has 0 unspecified atom stereocenters. The van der Waals surface area contributed by atoms with Gasteiger partial charge < -0.3 is 15.0 Å². The number of methoxy groups -OCH3 is 1. The fourth-order valence-electron chi connectivity index (χ4n) is 4.82. The maximum Gasteiger partial charge on any atom is 0.226 e. The average Bonchev–Trinajstić information content (AvgIpc) is 3.47. The van der Waals surface area contributed by atoms with Gasteiger partial charge in [0.25, 0.3) is 0 Å². The van der Waals surface area contributed by atoms with Crippen molar-refractivity contribution in [3.8, 4) is 5.75 Å². The fourth-order valence-corrected chi connectivity index (χ4v) is 6.99. The van der Waals surface area contributed by atoms with E-state index in [0.717, 1.165) is 76.5 Å². The molecular weight excluding hydrogens is 456 g/mol. The monoisotopic (exact) mass is 480 g/mol.